The Hall–Kier alpha value is -4.62. The van der Waals surface area contributed by atoms with E-state index in [1.54, 1.807) is 48.5 Å². The fourth-order valence-electron chi connectivity index (χ4n) is 3.52. The zero-order valence-electron chi connectivity index (χ0n) is 20.6. The summed E-state index contributed by atoms with van der Waals surface area (Å²) in [4.78, 5) is 23.7. The molecular formula is C31H23IN2O5. The van der Waals surface area contributed by atoms with Crippen molar-refractivity contribution in [3.8, 4) is 17.6 Å². The van der Waals surface area contributed by atoms with Crippen LogP contribution in [0.1, 0.15) is 27.0 Å². The molecule has 0 fully saturated rings. The van der Waals surface area contributed by atoms with E-state index in [-0.39, 0.29) is 17.7 Å². The maximum absolute atomic E-state index is 12.7. The third kappa shape index (κ3) is 7.93. The summed E-state index contributed by atoms with van der Waals surface area (Å²) in [5.74, 6) is -0.196. The molecule has 0 spiro atoms. The van der Waals surface area contributed by atoms with Gasteiger partial charge in [-0.1, -0.05) is 48.5 Å². The van der Waals surface area contributed by atoms with Gasteiger partial charge in [-0.05, 0) is 93.9 Å². The van der Waals surface area contributed by atoms with Crippen LogP contribution < -0.4 is 14.8 Å². The molecule has 0 aliphatic rings. The Morgan fingerprint density at radius 1 is 0.872 bits per heavy atom. The topological polar surface area (TPSA) is 109 Å². The van der Waals surface area contributed by atoms with Crippen LogP contribution in [0, 0.1) is 14.9 Å². The maximum atomic E-state index is 12.7. The molecule has 8 heteroatoms. The number of carboxylic acids is 1. The second-order valence-corrected chi connectivity index (χ2v) is 9.57. The maximum Gasteiger partial charge on any atom is 0.335 e. The van der Waals surface area contributed by atoms with E-state index in [2.05, 4.69) is 27.9 Å². The summed E-state index contributed by atoms with van der Waals surface area (Å²) in [7, 11) is 0. The van der Waals surface area contributed by atoms with Gasteiger partial charge in [-0.25, -0.2) is 4.79 Å². The minimum absolute atomic E-state index is 0.0395. The Balaban J connectivity index is 1.34. The Kier molecular flexibility index (Phi) is 9.32. The van der Waals surface area contributed by atoms with Crippen molar-refractivity contribution < 1.29 is 24.2 Å². The van der Waals surface area contributed by atoms with E-state index in [0.717, 1.165) is 14.7 Å². The molecule has 0 aliphatic carbocycles. The molecule has 0 unspecified atom stereocenters. The number of aromatic carboxylic acids is 1. The van der Waals surface area contributed by atoms with E-state index >= 15 is 0 Å². The van der Waals surface area contributed by atoms with Crippen LogP contribution in [0.2, 0.25) is 0 Å². The smallest absolute Gasteiger partial charge is 0.335 e. The van der Waals surface area contributed by atoms with Crippen LogP contribution in [-0.4, -0.2) is 17.0 Å². The number of amides is 1. The highest BCUT2D eigenvalue weighted by molar-refractivity contribution is 14.1. The average molecular weight is 630 g/mol. The summed E-state index contributed by atoms with van der Waals surface area (Å²) in [5.41, 5.74) is 3.28. The largest absolute Gasteiger partial charge is 0.489 e. The summed E-state index contributed by atoms with van der Waals surface area (Å²) in [6.45, 7) is 0.712. The fraction of sp³-hybridized carbons (Fsp3) is 0.0645. The van der Waals surface area contributed by atoms with Gasteiger partial charge in [-0.15, -0.1) is 0 Å². The van der Waals surface area contributed by atoms with Gasteiger partial charge in [0, 0.05) is 5.69 Å². The molecular weight excluding hydrogens is 607 g/mol. The number of halogens is 1. The lowest BCUT2D eigenvalue weighted by atomic mass is 10.1. The van der Waals surface area contributed by atoms with Gasteiger partial charge in [0.15, 0.2) is 0 Å². The summed E-state index contributed by atoms with van der Waals surface area (Å²) in [5, 5.41) is 21.3. The molecule has 7 nitrogen and oxygen atoms in total. The molecule has 39 heavy (non-hydrogen) atoms. The van der Waals surface area contributed by atoms with Crippen LogP contribution in [0.3, 0.4) is 0 Å². The number of anilines is 1. The number of nitriles is 1. The van der Waals surface area contributed by atoms with E-state index in [0.29, 0.717) is 29.4 Å². The van der Waals surface area contributed by atoms with Crippen molar-refractivity contribution in [3.05, 3.63) is 128 Å². The summed E-state index contributed by atoms with van der Waals surface area (Å²) >= 11 is 2.12. The van der Waals surface area contributed by atoms with Crippen molar-refractivity contribution in [2.75, 3.05) is 5.32 Å². The highest BCUT2D eigenvalue weighted by Gasteiger charge is 2.11. The highest BCUT2D eigenvalue weighted by atomic mass is 127. The molecule has 0 saturated heterocycles. The first-order valence-corrected chi connectivity index (χ1v) is 12.9. The highest BCUT2D eigenvalue weighted by Crippen LogP contribution is 2.25. The Labute approximate surface area is 239 Å². The van der Waals surface area contributed by atoms with E-state index in [4.69, 9.17) is 14.6 Å². The molecule has 0 aromatic heterocycles. The SMILES string of the molecule is N#C/C(=C\c1ccc(OCc2ccc(C(=O)O)cc2)c(I)c1)C(=O)Nc1ccc(OCc2ccccc2)cc1. The number of carboxylic acid groups (broad SMARTS) is 1. The molecule has 0 heterocycles. The quantitative estimate of drug-likeness (QED) is 0.115. The molecule has 0 saturated carbocycles. The normalized spacial score (nSPS) is 10.8. The Bertz CT molecular complexity index is 1530. The van der Waals surface area contributed by atoms with Gasteiger partial charge in [-0.2, -0.15) is 5.26 Å². The first-order valence-electron chi connectivity index (χ1n) is 11.9. The van der Waals surface area contributed by atoms with Crippen molar-refractivity contribution in [1.29, 1.82) is 5.26 Å². The molecule has 4 aromatic rings. The number of benzene rings is 4. The number of rotatable bonds is 10. The van der Waals surface area contributed by atoms with E-state index in [9.17, 15) is 14.9 Å². The van der Waals surface area contributed by atoms with Gasteiger partial charge in [-0.3, -0.25) is 4.79 Å². The molecule has 0 atom stereocenters. The summed E-state index contributed by atoms with van der Waals surface area (Å²) in [6.07, 6.45) is 1.52. The van der Waals surface area contributed by atoms with Gasteiger partial charge >= 0.3 is 5.97 Å². The van der Waals surface area contributed by atoms with E-state index in [1.807, 2.05) is 42.5 Å². The molecule has 0 radical (unpaired) electrons. The van der Waals surface area contributed by atoms with Gasteiger partial charge in [0.05, 0.1) is 9.13 Å². The number of carbonyl (C=O) groups excluding carboxylic acids is 1. The van der Waals surface area contributed by atoms with Crippen molar-refractivity contribution in [1.82, 2.24) is 0 Å². The predicted molar refractivity (Wildman–Crippen MR) is 156 cm³/mol. The third-order valence-corrected chi connectivity index (χ3v) is 6.43. The zero-order chi connectivity index (χ0) is 27.6. The van der Waals surface area contributed by atoms with Crippen LogP contribution in [0.5, 0.6) is 11.5 Å². The van der Waals surface area contributed by atoms with Gasteiger partial charge in [0.1, 0.15) is 36.4 Å². The Morgan fingerprint density at radius 3 is 2.18 bits per heavy atom. The minimum Gasteiger partial charge on any atom is -0.489 e. The summed E-state index contributed by atoms with van der Waals surface area (Å²) in [6, 6.07) is 30.5. The monoisotopic (exact) mass is 630 g/mol. The van der Waals surface area contributed by atoms with Crippen LogP contribution in [0.25, 0.3) is 6.08 Å². The van der Waals surface area contributed by atoms with Gasteiger partial charge in [0.2, 0.25) is 0 Å². The van der Waals surface area contributed by atoms with E-state index in [1.165, 1.54) is 18.2 Å². The van der Waals surface area contributed by atoms with Crippen molar-refractivity contribution in [2.24, 2.45) is 0 Å². The van der Waals surface area contributed by atoms with Gasteiger partial charge < -0.3 is 19.9 Å². The van der Waals surface area contributed by atoms with Crippen LogP contribution in [0.15, 0.2) is 103 Å². The molecule has 194 valence electrons. The number of nitrogens with zero attached hydrogens (tertiary/aromatic N) is 1. The average Bonchev–Trinajstić information content (AvgIpc) is 2.95. The molecule has 1 amide bonds. The van der Waals surface area contributed by atoms with Crippen molar-refractivity contribution in [3.63, 3.8) is 0 Å². The van der Waals surface area contributed by atoms with E-state index < -0.39 is 11.9 Å². The zero-order valence-corrected chi connectivity index (χ0v) is 22.8. The summed E-state index contributed by atoms with van der Waals surface area (Å²) < 4.78 is 12.4. The first kappa shape index (κ1) is 27.4. The molecule has 2 N–H and O–H groups in total. The van der Waals surface area contributed by atoms with Crippen LogP contribution in [0.4, 0.5) is 5.69 Å². The second-order valence-electron chi connectivity index (χ2n) is 8.40. The minimum atomic E-state index is -0.979. The third-order valence-electron chi connectivity index (χ3n) is 5.59. The number of nitrogens with one attached hydrogen (secondary N) is 1. The number of carbonyl (C=O) groups is 2. The van der Waals surface area contributed by atoms with Crippen LogP contribution in [-0.2, 0) is 18.0 Å². The molecule has 4 rings (SSSR count). The number of hydrogen-bond acceptors (Lipinski definition) is 5. The molecule has 0 bridgehead atoms. The standard InChI is InChI=1S/C31H23IN2O5/c32-28-17-23(8-15-29(28)39-20-22-6-9-24(10-7-22)31(36)37)16-25(18-33)30(35)34-26-11-13-27(14-12-26)38-19-21-4-2-1-3-5-21/h1-17H,19-20H2,(H,34,35)(H,36,37)/b25-16+. The number of hydrogen-bond donors (Lipinski definition) is 2. The van der Waals surface area contributed by atoms with Crippen molar-refractivity contribution in [2.45, 2.75) is 13.2 Å². The second kappa shape index (κ2) is 13.3. The number of ether oxygens (including phenoxy) is 2. The lowest BCUT2D eigenvalue weighted by molar-refractivity contribution is -0.112. The molecule has 4 aromatic carbocycles. The molecule has 0 aliphatic heterocycles. The Morgan fingerprint density at radius 2 is 1.54 bits per heavy atom. The van der Waals surface area contributed by atoms with Crippen molar-refractivity contribution >= 4 is 46.2 Å². The first-order chi connectivity index (χ1) is 18.9. The lowest BCUT2D eigenvalue weighted by Gasteiger charge is -2.10. The lowest BCUT2D eigenvalue weighted by Crippen LogP contribution is -2.13. The van der Waals surface area contributed by atoms with Gasteiger partial charge in [0.25, 0.3) is 5.91 Å². The van der Waals surface area contributed by atoms with Crippen LogP contribution >= 0.6 is 22.6 Å². The predicted octanol–water partition coefficient (Wildman–Crippen LogP) is 6.69. The fourth-order valence-corrected chi connectivity index (χ4v) is 4.21.